The zero-order valence-corrected chi connectivity index (χ0v) is 19.4. The Hall–Kier alpha value is -4.06. The van der Waals surface area contributed by atoms with E-state index in [1.807, 2.05) is 0 Å². The van der Waals surface area contributed by atoms with Crippen molar-refractivity contribution in [1.82, 2.24) is 35.0 Å². The Morgan fingerprint density at radius 1 is 1.15 bits per heavy atom. The van der Waals surface area contributed by atoms with Crippen molar-refractivity contribution in [2.75, 3.05) is 0 Å². The van der Waals surface area contributed by atoms with Gasteiger partial charge in [-0.05, 0) is 35.9 Å². The Morgan fingerprint density at radius 3 is 2.56 bits per heavy atom. The van der Waals surface area contributed by atoms with Crippen LogP contribution in [0, 0.1) is 0 Å². The van der Waals surface area contributed by atoms with Crippen LogP contribution in [0.2, 0.25) is 6.04 Å². The van der Waals surface area contributed by atoms with E-state index in [0.29, 0.717) is 35.4 Å². The summed E-state index contributed by atoms with van der Waals surface area (Å²) in [4.78, 5) is 30.1. The number of halogens is 2. The van der Waals surface area contributed by atoms with E-state index in [9.17, 15) is 13.6 Å². The topological polar surface area (TPSA) is 108 Å². The predicted molar refractivity (Wildman–Crippen MR) is 120 cm³/mol. The molecule has 3 aromatic heterocycles. The maximum atomic E-state index is 13.1. The molecule has 1 N–H and O–H groups in total. The number of benzene rings is 1. The van der Waals surface area contributed by atoms with Gasteiger partial charge in [0.05, 0.1) is 20.2 Å². The predicted octanol–water partition coefficient (Wildman–Crippen LogP) is 2.29. The summed E-state index contributed by atoms with van der Waals surface area (Å²) in [6.45, 7) is 0.678. The van der Waals surface area contributed by atoms with Crippen molar-refractivity contribution in [2.45, 2.75) is 24.2 Å². The highest BCUT2D eigenvalue weighted by Gasteiger charge is 2.50. The molecule has 172 valence electrons. The lowest BCUT2D eigenvalue weighted by molar-refractivity contribution is -0.158. The second-order valence-corrected chi connectivity index (χ2v) is 10.2. The molecule has 1 fully saturated rings. The number of rotatable bonds is 7. The molecule has 12 heteroatoms. The van der Waals surface area contributed by atoms with Crippen LogP contribution in [0.4, 0.5) is 8.78 Å². The SMILES string of the molecule is CC(F)(F)Oc1ccc(-c2cncc(C(=O)N[C@@]3(c4ncnn4-c4ncccn4)C[SiH2]3)c2)cc1. The first kappa shape index (κ1) is 21.8. The molecule has 0 spiro atoms. The van der Waals surface area contributed by atoms with Gasteiger partial charge in [-0.25, -0.2) is 15.0 Å². The van der Waals surface area contributed by atoms with E-state index in [0.717, 1.165) is 6.04 Å². The first-order valence-electron chi connectivity index (χ1n) is 10.5. The van der Waals surface area contributed by atoms with E-state index in [2.05, 4.69) is 35.1 Å². The third kappa shape index (κ3) is 4.52. The fourth-order valence-electron chi connectivity index (χ4n) is 3.58. The van der Waals surface area contributed by atoms with Gasteiger partial charge >= 0.3 is 6.11 Å². The van der Waals surface area contributed by atoms with E-state index < -0.39 is 20.8 Å². The Kier molecular flexibility index (Phi) is 5.36. The molecule has 5 rings (SSSR count). The van der Waals surface area contributed by atoms with Gasteiger partial charge < -0.3 is 10.1 Å². The molecule has 4 aromatic rings. The molecule has 1 aliphatic heterocycles. The molecule has 1 aromatic carbocycles. The molecule has 0 bridgehead atoms. The molecule has 1 saturated heterocycles. The summed E-state index contributed by atoms with van der Waals surface area (Å²) >= 11 is 0. The van der Waals surface area contributed by atoms with Gasteiger partial charge in [-0.15, -0.1) is 0 Å². The average molecular weight is 480 g/mol. The largest absolute Gasteiger partial charge is 0.433 e. The molecule has 0 saturated carbocycles. The van der Waals surface area contributed by atoms with Crippen molar-refractivity contribution in [3.8, 4) is 22.8 Å². The fourth-order valence-corrected chi connectivity index (χ4v) is 4.93. The third-order valence-electron chi connectivity index (χ3n) is 5.31. The molecule has 1 atom stereocenters. The third-order valence-corrected chi connectivity index (χ3v) is 7.30. The van der Waals surface area contributed by atoms with E-state index >= 15 is 0 Å². The van der Waals surface area contributed by atoms with E-state index in [-0.39, 0.29) is 11.7 Å². The number of carbonyl (C=O) groups excluding carboxylic acids is 1. The standard InChI is InChI=1S/C22H19F2N7O2Si/c1-21(23,24)33-17-5-3-14(4-6-17)15-9-16(11-25-10-15)18(32)30-22(12-34-22)19-28-13-29-31(19)20-26-7-2-8-27-20/h2-11,13H,12,34H2,1H3,(H,30,32)/t22-/m0/s1. The fraction of sp³-hybridized carbons (Fsp3) is 0.182. The van der Waals surface area contributed by atoms with Gasteiger partial charge in [-0.3, -0.25) is 9.78 Å². The Labute approximate surface area is 195 Å². The number of pyridine rings is 1. The molecule has 9 nitrogen and oxygen atoms in total. The number of nitrogens with zero attached hydrogens (tertiary/aromatic N) is 6. The van der Waals surface area contributed by atoms with Crippen LogP contribution in [0.1, 0.15) is 23.1 Å². The molecular weight excluding hydrogens is 460 g/mol. The number of aromatic nitrogens is 6. The molecular formula is C22H19F2N7O2Si. The van der Waals surface area contributed by atoms with Crippen LogP contribution in [0.5, 0.6) is 5.75 Å². The second kappa shape index (κ2) is 8.37. The first-order valence-corrected chi connectivity index (χ1v) is 12.2. The normalized spacial score (nSPS) is 18.0. The van der Waals surface area contributed by atoms with Gasteiger partial charge in [0, 0.05) is 37.3 Å². The maximum Gasteiger partial charge on any atom is 0.394 e. The minimum atomic E-state index is -3.26. The molecule has 4 heterocycles. The van der Waals surface area contributed by atoms with Crippen LogP contribution in [-0.2, 0) is 5.16 Å². The van der Waals surface area contributed by atoms with Crippen molar-refractivity contribution >= 4 is 15.4 Å². The Balaban J connectivity index is 1.35. The minimum Gasteiger partial charge on any atom is -0.433 e. The number of amides is 1. The van der Waals surface area contributed by atoms with E-state index in [1.54, 1.807) is 47.5 Å². The van der Waals surface area contributed by atoms with Gasteiger partial charge in [-0.2, -0.15) is 18.6 Å². The lowest BCUT2D eigenvalue weighted by atomic mass is 10.1. The highest BCUT2D eigenvalue weighted by Crippen LogP contribution is 2.37. The highest BCUT2D eigenvalue weighted by atomic mass is 28.2. The van der Waals surface area contributed by atoms with Gasteiger partial charge in [0.1, 0.15) is 12.1 Å². The summed E-state index contributed by atoms with van der Waals surface area (Å²) in [7, 11) is -0.655. The average Bonchev–Trinajstić information content (AvgIpc) is 3.42. The van der Waals surface area contributed by atoms with Crippen LogP contribution in [0.25, 0.3) is 17.1 Å². The zero-order chi connectivity index (χ0) is 23.8. The van der Waals surface area contributed by atoms with Gasteiger partial charge in [-0.1, -0.05) is 12.1 Å². The Bertz CT molecular complexity index is 1320. The number of ether oxygens (including phenoxy) is 1. The summed E-state index contributed by atoms with van der Waals surface area (Å²) < 4.78 is 32.2. The zero-order valence-electron chi connectivity index (χ0n) is 18.0. The molecule has 1 amide bonds. The van der Waals surface area contributed by atoms with Crippen molar-refractivity contribution in [2.24, 2.45) is 0 Å². The van der Waals surface area contributed by atoms with Crippen LogP contribution in [-0.4, -0.2) is 51.3 Å². The lowest BCUT2D eigenvalue weighted by Crippen LogP contribution is -2.38. The van der Waals surface area contributed by atoms with Crippen molar-refractivity contribution in [3.05, 3.63) is 78.9 Å². The van der Waals surface area contributed by atoms with Crippen molar-refractivity contribution in [1.29, 1.82) is 0 Å². The first-order chi connectivity index (χ1) is 16.3. The lowest BCUT2D eigenvalue weighted by Gasteiger charge is -2.18. The molecule has 0 aliphatic carbocycles. The second-order valence-electron chi connectivity index (χ2n) is 7.98. The number of alkyl halides is 2. The number of carbonyl (C=O) groups is 1. The summed E-state index contributed by atoms with van der Waals surface area (Å²) in [5.41, 5.74) is 1.76. The van der Waals surface area contributed by atoms with Crippen LogP contribution >= 0.6 is 0 Å². The number of nitrogens with one attached hydrogen (secondary N) is 1. The van der Waals surface area contributed by atoms with Gasteiger partial charge in [0.2, 0.25) is 0 Å². The smallest absolute Gasteiger partial charge is 0.394 e. The molecule has 0 radical (unpaired) electrons. The monoisotopic (exact) mass is 479 g/mol. The van der Waals surface area contributed by atoms with Crippen LogP contribution in [0.15, 0.2) is 67.5 Å². The molecule has 1 aliphatic rings. The van der Waals surface area contributed by atoms with Gasteiger partial charge in [0.25, 0.3) is 11.9 Å². The molecule has 34 heavy (non-hydrogen) atoms. The summed E-state index contributed by atoms with van der Waals surface area (Å²) in [5, 5.41) is 6.81. The van der Waals surface area contributed by atoms with E-state index in [4.69, 9.17) is 0 Å². The minimum absolute atomic E-state index is 0.0465. The Morgan fingerprint density at radius 2 is 1.88 bits per heavy atom. The number of hydrogen-bond acceptors (Lipinski definition) is 7. The summed E-state index contributed by atoms with van der Waals surface area (Å²) in [6, 6.07) is 10.4. The van der Waals surface area contributed by atoms with Crippen molar-refractivity contribution < 1.29 is 18.3 Å². The highest BCUT2D eigenvalue weighted by molar-refractivity contribution is 6.54. The maximum absolute atomic E-state index is 13.1. The number of hydrogen-bond donors (Lipinski definition) is 1. The van der Waals surface area contributed by atoms with Crippen LogP contribution < -0.4 is 10.1 Å². The van der Waals surface area contributed by atoms with Crippen molar-refractivity contribution in [3.63, 3.8) is 0 Å². The van der Waals surface area contributed by atoms with Gasteiger partial charge in [0.15, 0.2) is 5.82 Å². The summed E-state index contributed by atoms with van der Waals surface area (Å²) in [5.74, 6) is 0.770. The summed E-state index contributed by atoms with van der Waals surface area (Å²) in [6.07, 6.45) is 4.49. The van der Waals surface area contributed by atoms with Crippen LogP contribution in [0.3, 0.4) is 0 Å². The molecule has 0 unspecified atom stereocenters. The quantitative estimate of drug-likeness (QED) is 0.405. The van der Waals surface area contributed by atoms with E-state index in [1.165, 1.54) is 24.7 Å².